The lowest BCUT2D eigenvalue weighted by molar-refractivity contribution is -0.161. The third-order valence-corrected chi connectivity index (χ3v) is 10.4. The van der Waals surface area contributed by atoms with E-state index in [9.17, 15) is 14.2 Å². The summed E-state index contributed by atoms with van der Waals surface area (Å²) in [7, 11) is -4.76. The summed E-state index contributed by atoms with van der Waals surface area (Å²) in [5, 5.41) is 0. The van der Waals surface area contributed by atoms with Crippen molar-refractivity contribution in [3.05, 3.63) is 24.3 Å². The minimum Gasteiger partial charge on any atom is -0.462 e. The van der Waals surface area contributed by atoms with Crippen LogP contribution in [0.5, 0.6) is 0 Å². The lowest BCUT2D eigenvalue weighted by Gasteiger charge is -2.18. The third-order valence-electron chi connectivity index (χ3n) is 9.96. The lowest BCUT2D eigenvalue weighted by atomic mass is 10.0. The van der Waals surface area contributed by atoms with Crippen molar-refractivity contribution in [2.75, 3.05) is 13.2 Å². The zero-order chi connectivity index (χ0) is 39.6. The van der Waals surface area contributed by atoms with Crippen molar-refractivity contribution in [1.82, 2.24) is 0 Å². The molecule has 0 fully saturated rings. The van der Waals surface area contributed by atoms with E-state index in [-0.39, 0.29) is 19.4 Å². The van der Waals surface area contributed by atoms with Gasteiger partial charge in [-0.25, -0.2) is 4.57 Å². The Kier molecular flexibility index (Phi) is 40.1. The van der Waals surface area contributed by atoms with Gasteiger partial charge < -0.3 is 19.3 Å². The van der Waals surface area contributed by atoms with Crippen molar-refractivity contribution in [2.24, 2.45) is 0 Å². The third kappa shape index (κ3) is 43.3. The first-order chi connectivity index (χ1) is 26.3. The summed E-state index contributed by atoms with van der Waals surface area (Å²) in [6.07, 6.45) is 47.7. The van der Waals surface area contributed by atoms with Gasteiger partial charge in [-0.1, -0.05) is 192 Å². The maximum Gasteiger partial charge on any atom is 0.469 e. The van der Waals surface area contributed by atoms with Gasteiger partial charge in [-0.3, -0.25) is 14.1 Å². The van der Waals surface area contributed by atoms with Crippen LogP contribution in [-0.2, 0) is 28.2 Å². The van der Waals surface area contributed by atoms with Crippen LogP contribution in [-0.4, -0.2) is 41.0 Å². The zero-order valence-corrected chi connectivity index (χ0v) is 36.0. The predicted molar refractivity (Wildman–Crippen MR) is 225 cm³/mol. The van der Waals surface area contributed by atoms with Gasteiger partial charge in [0, 0.05) is 12.8 Å². The number of allylic oxidation sites excluding steroid dienone is 4. The van der Waals surface area contributed by atoms with Gasteiger partial charge in [0.05, 0.1) is 6.61 Å². The molecule has 1 atom stereocenters. The molecule has 2 N–H and O–H groups in total. The van der Waals surface area contributed by atoms with Crippen molar-refractivity contribution in [3.8, 4) is 0 Å². The van der Waals surface area contributed by atoms with Gasteiger partial charge in [0.2, 0.25) is 0 Å². The molecule has 0 aliphatic rings. The summed E-state index contributed by atoms with van der Waals surface area (Å²) in [5.74, 6) is -0.933. The number of hydrogen-bond acceptors (Lipinski definition) is 6. The molecule has 0 rings (SSSR count). The van der Waals surface area contributed by atoms with Gasteiger partial charge in [0.1, 0.15) is 6.61 Å². The number of unbranched alkanes of at least 4 members (excludes halogenated alkanes) is 28. The Hall–Kier alpha value is -1.47. The smallest absolute Gasteiger partial charge is 0.462 e. The molecule has 9 heteroatoms. The number of rotatable bonds is 42. The SMILES string of the molecule is CCCCCCCC/C=C/CCCCCCCCCCCCCC(=O)O[C@H](COC(=O)CC/C=C/CCCCCCCCCCCCC)COP(=O)(O)O. The highest BCUT2D eigenvalue weighted by Crippen LogP contribution is 2.36. The minimum atomic E-state index is -4.76. The van der Waals surface area contributed by atoms with E-state index >= 15 is 0 Å². The van der Waals surface area contributed by atoms with Gasteiger partial charge in [-0.05, 0) is 51.4 Å². The zero-order valence-electron chi connectivity index (χ0n) is 35.1. The maximum atomic E-state index is 12.4. The Morgan fingerprint density at radius 3 is 1.20 bits per heavy atom. The van der Waals surface area contributed by atoms with Crippen molar-refractivity contribution in [1.29, 1.82) is 0 Å². The Balaban J connectivity index is 3.87. The highest BCUT2D eigenvalue weighted by Gasteiger charge is 2.22. The van der Waals surface area contributed by atoms with Crippen LogP contribution in [0.1, 0.15) is 232 Å². The maximum absolute atomic E-state index is 12.4. The molecule has 0 aliphatic heterocycles. The fraction of sp³-hybridized carbons (Fsp3) is 0.867. The molecular weight excluding hydrogens is 699 g/mol. The van der Waals surface area contributed by atoms with Gasteiger partial charge in [-0.2, -0.15) is 0 Å². The van der Waals surface area contributed by atoms with Crippen molar-refractivity contribution in [3.63, 3.8) is 0 Å². The fourth-order valence-corrected chi connectivity index (χ4v) is 6.92. The number of esters is 2. The fourth-order valence-electron chi connectivity index (χ4n) is 6.56. The van der Waals surface area contributed by atoms with E-state index in [1.165, 1.54) is 161 Å². The molecule has 0 aromatic heterocycles. The Morgan fingerprint density at radius 2 is 0.815 bits per heavy atom. The molecule has 318 valence electrons. The molecule has 0 bridgehead atoms. The van der Waals surface area contributed by atoms with Crippen LogP contribution in [0.4, 0.5) is 0 Å². The van der Waals surface area contributed by atoms with Crippen molar-refractivity contribution >= 4 is 19.8 Å². The van der Waals surface area contributed by atoms with Gasteiger partial charge in [0.15, 0.2) is 6.10 Å². The summed E-state index contributed by atoms with van der Waals surface area (Å²) in [6, 6.07) is 0. The van der Waals surface area contributed by atoms with Crippen molar-refractivity contribution in [2.45, 2.75) is 238 Å². The number of ether oxygens (including phenoxy) is 2. The molecule has 0 saturated heterocycles. The molecule has 0 radical (unpaired) electrons. The number of phosphoric acid groups is 1. The Morgan fingerprint density at radius 1 is 0.463 bits per heavy atom. The highest BCUT2D eigenvalue weighted by molar-refractivity contribution is 7.46. The quantitative estimate of drug-likeness (QED) is 0.0272. The second-order valence-corrected chi connectivity index (χ2v) is 16.6. The first-order valence-electron chi connectivity index (χ1n) is 22.6. The monoisotopic (exact) mass is 785 g/mol. The molecule has 54 heavy (non-hydrogen) atoms. The highest BCUT2D eigenvalue weighted by atomic mass is 31.2. The molecule has 0 spiro atoms. The number of hydrogen-bond donors (Lipinski definition) is 2. The molecule has 8 nitrogen and oxygen atoms in total. The van der Waals surface area contributed by atoms with Crippen molar-refractivity contribution < 1.29 is 37.9 Å². The topological polar surface area (TPSA) is 119 Å². The van der Waals surface area contributed by atoms with E-state index in [0.29, 0.717) is 12.8 Å². The molecular formula is C45H85O8P. The number of carbonyl (C=O) groups is 2. The van der Waals surface area contributed by atoms with Gasteiger partial charge >= 0.3 is 19.8 Å². The van der Waals surface area contributed by atoms with Gasteiger partial charge in [0.25, 0.3) is 0 Å². The second kappa shape index (κ2) is 41.2. The van der Waals surface area contributed by atoms with Crippen LogP contribution in [0.2, 0.25) is 0 Å². The molecule has 0 amide bonds. The van der Waals surface area contributed by atoms with Crippen LogP contribution in [0.15, 0.2) is 24.3 Å². The van der Waals surface area contributed by atoms with E-state index in [1.807, 2.05) is 6.08 Å². The summed E-state index contributed by atoms with van der Waals surface area (Å²) >= 11 is 0. The molecule has 0 aromatic rings. The van der Waals surface area contributed by atoms with E-state index in [4.69, 9.17) is 19.3 Å². The van der Waals surface area contributed by atoms with Crippen LogP contribution in [0.25, 0.3) is 0 Å². The van der Waals surface area contributed by atoms with E-state index in [0.717, 1.165) is 32.1 Å². The average Bonchev–Trinajstić information content (AvgIpc) is 3.14. The number of carbonyl (C=O) groups excluding carboxylic acids is 2. The van der Waals surface area contributed by atoms with Crippen LogP contribution >= 0.6 is 7.82 Å². The summed E-state index contributed by atoms with van der Waals surface area (Å²) < 4.78 is 26.4. The molecule has 0 saturated carbocycles. The first-order valence-corrected chi connectivity index (χ1v) is 24.2. The van der Waals surface area contributed by atoms with Gasteiger partial charge in [-0.15, -0.1) is 0 Å². The first kappa shape index (κ1) is 52.5. The lowest BCUT2D eigenvalue weighted by Crippen LogP contribution is -2.29. The second-order valence-electron chi connectivity index (χ2n) is 15.4. The predicted octanol–water partition coefficient (Wildman–Crippen LogP) is 14.0. The van der Waals surface area contributed by atoms with E-state index in [1.54, 1.807) is 0 Å². The molecule has 0 aliphatic carbocycles. The summed E-state index contributed by atoms with van der Waals surface area (Å²) in [6.45, 7) is 3.67. The molecule has 0 heterocycles. The summed E-state index contributed by atoms with van der Waals surface area (Å²) in [5.41, 5.74) is 0. The molecule has 0 aromatic carbocycles. The normalized spacial score (nSPS) is 12.6. The van der Waals surface area contributed by atoms with E-state index in [2.05, 4.69) is 36.6 Å². The standard InChI is InChI=1S/C45H85O8P/c1-3-5-7-9-11-13-15-17-19-20-21-22-23-24-26-28-30-32-34-36-38-40-45(47)53-43(42-52-54(48,49)50)41-51-44(46)39-37-35-33-31-29-27-25-18-16-14-12-10-8-6-4-2/h17,19,33,35,43H,3-16,18,20-32,34,36-42H2,1-2H3,(H2,48,49,50)/b19-17+,35-33+/t43-/m1/s1. The summed E-state index contributed by atoms with van der Waals surface area (Å²) in [4.78, 5) is 42.9. The Bertz CT molecular complexity index is 931. The molecule has 0 unspecified atom stereocenters. The Labute approximate surface area is 332 Å². The van der Waals surface area contributed by atoms with Crippen LogP contribution < -0.4 is 0 Å². The number of phosphoric ester groups is 1. The van der Waals surface area contributed by atoms with Crippen LogP contribution in [0.3, 0.4) is 0 Å². The average molecular weight is 785 g/mol. The largest absolute Gasteiger partial charge is 0.469 e. The van der Waals surface area contributed by atoms with E-state index < -0.39 is 32.5 Å². The minimum absolute atomic E-state index is 0.187. The van der Waals surface area contributed by atoms with Crippen LogP contribution in [0, 0.1) is 0 Å².